The van der Waals surface area contributed by atoms with Gasteiger partial charge in [-0.2, -0.15) is 0 Å². The topological polar surface area (TPSA) is 3.24 Å². The van der Waals surface area contributed by atoms with Gasteiger partial charge >= 0.3 is 0 Å². The molecule has 3 fully saturated rings. The van der Waals surface area contributed by atoms with Gasteiger partial charge in [-0.3, -0.25) is 0 Å². The van der Waals surface area contributed by atoms with Gasteiger partial charge in [0.25, 0.3) is 0 Å². The Morgan fingerprint density at radius 3 is 2.47 bits per heavy atom. The molecule has 0 radical (unpaired) electrons. The van der Waals surface area contributed by atoms with Gasteiger partial charge in [0.15, 0.2) is 0 Å². The molecule has 0 amide bonds. The van der Waals surface area contributed by atoms with Crippen LogP contribution in [0.5, 0.6) is 0 Å². The first-order chi connectivity index (χ1) is 7.36. The minimum atomic E-state index is 0.970. The zero-order valence-electron chi connectivity index (χ0n) is 10.1. The summed E-state index contributed by atoms with van der Waals surface area (Å²) in [5.74, 6) is 3.23. The molecule has 4 atom stereocenters. The van der Waals surface area contributed by atoms with Gasteiger partial charge < -0.3 is 4.90 Å². The molecule has 0 aromatic heterocycles. The third-order valence-electron chi connectivity index (χ3n) is 5.39. The summed E-state index contributed by atoms with van der Waals surface area (Å²) in [5, 5.41) is 0. The molecule has 15 heavy (non-hydrogen) atoms. The second-order valence-electron chi connectivity index (χ2n) is 6.16. The molecule has 0 aromatic rings. The van der Waals surface area contributed by atoms with Crippen molar-refractivity contribution >= 4 is 0 Å². The van der Waals surface area contributed by atoms with Crippen molar-refractivity contribution in [3.63, 3.8) is 0 Å². The second kappa shape index (κ2) is 4.08. The number of hydrogen-bond acceptors (Lipinski definition) is 1. The highest BCUT2D eigenvalue weighted by molar-refractivity contribution is 4.96. The molecule has 0 N–H and O–H groups in total. The SMILES string of the molecule is CN1CCC[C@H]2CC[C@H]3CCCC[C@H]3[C@@H]21. The number of hydrogen-bond donors (Lipinski definition) is 0. The van der Waals surface area contributed by atoms with Crippen LogP contribution in [0.2, 0.25) is 0 Å². The Morgan fingerprint density at radius 2 is 1.53 bits per heavy atom. The highest BCUT2D eigenvalue weighted by atomic mass is 15.1. The Hall–Kier alpha value is -0.0400. The minimum absolute atomic E-state index is 0.970. The number of nitrogens with zero attached hydrogens (tertiary/aromatic N) is 1. The Bertz CT molecular complexity index is 225. The molecular weight excluding hydrogens is 182 g/mol. The fourth-order valence-electron chi connectivity index (χ4n) is 4.75. The van der Waals surface area contributed by atoms with Gasteiger partial charge in [-0.25, -0.2) is 0 Å². The lowest BCUT2D eigenvalue weighted by Gasteiger charge is -2.51. The van der Waals surface area contributed by atoms with Crippen molar-refractivity contribution in [3.05, 3.63) is 0 Å². The van der Waals surface area contributed by atoms with Crippen LogP contribution in [0.25, 0.3) is 0 Å². The van der Waals surface area contributed by atoms with Crippen LogP contribution >= 0.6 is 0 Å². The average molecular weight is 207 g/mol. The van der Waals surface area contributed by atoms with E-state index >= 15 is 0 Å². The molecule has 0 spiro atoms. The van der Waals surface area contributed by atoms with Crippen molar-refractivity contribution in [1.82, 2.24) is 4.90 Å². The van der Waals surface area contributed by atoms with Crippen molar-refractivity contribution in [1.29, 1.82) is 0 Å². The molecule has 86 valence electrons. The van der Waals surface area contributed by atoms with Crippen LogP contribution in [-0.2, 0) is 0 Å². The van der Waals surface area contributed by atoms with Gasteiger partial charge in [0.1, 0.15) is 0 Å². The van der Waals surface area contributed by atoms with Gasteiger partial charge in [-0.05, 0) is 63.5 Å². The third-order valence-corrected chi connectivity index (χ3v) is 5.39. The van der Waals surface area contributed by atoms with Gasteiger partial charge in [0.2, 0.25) is 0 Å². The van der Waals surface area contributed by atoms with Crippen molar-refractivity contribution in [2.24, 2.45) is 17.8 Å². The van der Waals surface area contributed by atoms with Crippen LogP contribution < -0.4 is 0 Å². The van der Waals surface area contributed by atoms with Crippen LogP contribution in [0.15, 0.2) is 0 Å². The lowest BCUT2D eigenvalue weighted by molar-refractivity contribution is -0.0122. The summed E-state index contributed by atoms with van der Waals surface area (Å²) in [4.78, 5) is 2.70. The summed E-state index contributed by atoms with van der Waals surface area (Å²) in [6.45, 7) is 1.37. The normalized spacial score (nSPS) is 47.0. The van der Waals surface area contributed by atoms with Crippen LogP contribution in [0.4, 0.5) is 0 Å². The molecule has 1 heterocycles. The highest BCUT2D eigenvalue weighted by Gasteiger charge is 2.43. The van der Waals surface area contributed by atoms with Gasteiger partial charge in [-0.1, -0.05) is 19.3 Å². The molecule has 1 saturated heterocycles. The van der Waals surface area contributed by atoms with E-state index in [4.69, 9.17) is 0 Å². The third kappa shape index (κ3) is 1.73. The Labute approximate surface area is 94.2 Å². The summed E-state index contributed by atoms with van der Waals surface area (Å²) in [5.41, 5.74) is 0. The van der Waals surface area contributed by atoms with Crippen molar-refractivity contribution in [2.75, 3.05) is 13.6 Å². The molecule has 0 bridgehead atoms. The van der Waals surface area contributed by atoms with Crippen LogP contribution in [0, 0.1) is 17.8 Å². The second-order valence-corrected chi connectivity index (χ2v) is 6.16. The summed E-state index contributed by atoms with van der Waals surface area (Å²) < 4.78 is 0. The van der Waals surface area contributed by atoms with E-state index in [9.17, 15) is 0 Å². The van der Waals surface area contributed by atoms with E-state index in [-0.39, 0.29) is 0 Å². The standard InChI is InChI=1S/C14H25N/c1-15-10-4-6-12-9-8-11-5-2-3-7-13(11)14(12)15/h11-14H,2-10H2,1H3/t11-,12+,13-,14-/m1/s1. The minimum Gasteiger partial charge on any atom is -0.303 e. The maximum Gasteiger partial charge on any atom is 0.0151 e. The van der Waals surface area contributed by atoms with Crippen LogP contribution in [0.1, 0.15) is 51.4 Å². The van der Waals surface area contributed by atoms with Gasteiger partial charge in [-0.15, -0.1) is 0 Å². The largest absolute Gasteiger partial charge is 0.303 e. The number of fused-ring (bicyclic) bond motifs is 3. The molecule has 1 aliphatic heterocycles. The Kier molecular flexibility index (Phi) is 2.76. The number of likely N-dealkylation sites (tertiary alicyclic amines) is 1. The maximum atomic E-state index is 2.70. The van der Waals surface area contributed by atoms with Crippen molar-refractivity contribution < 1.29 is 0 Å². The molecule has 2 saturated carbocycles. The molecule has 3 rings (SSSR count). The lowest BCUT2D eigenvalue weighted by atomic mass is 9.62. The molecule has 1 nitrogen and oxygen atoms in total. The van der Waals surface area contributed by atoms with Crippen LogP contribution in [-0.4, -0.2) is 24.5 Å². The number of piperidine rings is 1. The fourth-order valence-corrected chi connectivity index (χ4v) is 4.75. The average Bonchev–Trinajstić information content (AvgIpc) is 2.29. The zero-order chi connectivity index (χ0) is 10.3. The van der Waals surface area contributed by atoms with Crippen LogP contribution in [0.3, 0.4) is 0 Å². The Morgan fingerprint density at radius 1 is 0.800 bits per heavy atom. The predicted octanol–water partition coefficient (Wildman–Crippen LogP) is 3.30. The van der Waals surface area contributed by atoms with E-state index < -0.39 is 0 Å². The van der Waals surface area contributed by atoms with E-state index in [1.165, 1.54) is 45.1 Å². The molecule has 0 unspecified atom stereocenters. The zero-order valence-corrected chi connectivity index (χ0v) is 10.1. The molecule has 0 aromatic carbocycles. The smallest absolute Gasteiger partial charge is 0.0151 e. The van der Waals surface area contributed by atoms with Crippen molar-refractivity contribution in [2.45, 2.75) is 57.4 Å². The van der Waals surface area contributed by atoms with Gasteiger partial charge in [0.05, 0.1) is 0 Å². The van der Waals surface area contributed by atoms with Crippen molar-refractivity contribution in [3.8, 4) is 0 Å². The van der Waals surface area contributed by atoms with E-state index in [0.29, 0.717) is 0 Å². The summed E-state index contributed by atoms with van der Waals surface area (Å²) in [7, 11) is 2.38. The first-order valence-electron chi connectivity index (χ1n) is 7.06. The molecule has 3 aliphatic rings. The predicted molar refractivity (Wildman–Crippen MR) is 63.8 cm³/mol. The first kappa shape index (κ1) is 10.1. The van der Waals surface area contributed by atoms with E-state index in [1.54, 1.807) is 12.8 Å². The molecular formula is C14H25N. The summed E-state index contributed by atoms with van der Waals surface area (Å²) in [6.07, 6.45) is 12.2. The monoisotopic (exact) mass is 207 g/mol. The van der Waals surface area contributed by atoms with E-state index in [2.05, 4.69) is 11.9 Å². The molecule has 2 aliphatic carbocycles. The highest BCUT2D eigenvalue weighted by Crippen LogP contribution is 2.47. The van der Waals surface area contributed by atoms with E-state index in [1.807, 2.05) is 0 Å². The first-order valence-corrected chi connectivity index (χ1v) is 7.06. The Balaban J connectivity index is 1.79. The van der Waals surface area contributed by atoms with Gasteiger partial charge in [0, 0.05) is 6.04 Å². The molecule has 1 heteroatoms. The summed E-state index contributed by atoms with van der Waals surface area (Å²) >= 11 is 0. The quantitative estimate of drug-likeness (QED) is 0.589. The van der Waals surface area contributed by atoms with E-state index in [0.717, 1.165) is 23.8 Å². The summed E-state index contributed by atoms with van der Waals surface area (Å²) in [6, 6.07) is 0.970. The fraction of sp³-hybridized carbons (Fsp3) is 1.00. The lowest BCUT2D eigenvalue weighted by Crippen LogP contribution is -2.52. The number of rotatable bonds is 0. The maximum absolute atomic E-state index is 2.70.